The van der Waals surface area contributed by atoms with Crippen LogP contribution in [0, 0.1) is 6.92 Å². The van der Waals surface area contributed by atoms with Gasteiger partial charge in [-0.15, -0.1) is 5.10 Å². The maximum Gasteiger partial charge on any atom is 0.416 e. The lowest BCUT2D eigenvalue weighted by molar-refractivity contribution is -0.137. The molecule has 1 fully saturated rings. The van der Waals surface area contributed by atoms with Gasteiger partial charge >= 0.3 is 6.18 Å². The molecular formula is C17H19ClF3N5O. The lowest BCUT2D eigenvalue weighted by Gasteiger charge is -2.28. The van der Waals surface area contributed by atoms with E-state index in [9.17, 15) is 18.0 Å². The standard InChI is InChI=1S/C17H19ClF3N5O/c1-8(12-5-4-11(6-13(12)18)17(19,20)21)26-9(2)16(24-25-26)14-7-15(27)23-10(3)22-14/h4-6,8,10,14,22H,7H2,1-3H3,(H,23,27)/t8-,10?,14?/m0/s1. The van der Waals surface area contributed by atoms with Gasteiger partial charge in [-0.3, -0.25) is 10.1 Å². The maximum atomic E-state index is 12.8. The van der Waals surface area contributed by atoms with E-state index in [1.54, 1.807) is 11.6 Å². The van der Waals surface area contributed by atoms with Crippen LogP contribution < -0.4 is 10.6 Å². The van der Waals surface area contributed by atoms with E-state index in [0.717, 1.165) is 17.8 Å². The molecule has 1 aromatic heterocycles. The Hall–Kier alpha value is -2.13. The zero-order valence-corrected chi connectivity index (χ0v) is 15.7. The molecule has 1 aromatic carbocycles. The van der Waals surface area contributed by atoms with Crippen LogP contribution in [0.1, 0.15) is 54.9 Å². The fourth-order valence-corrected chi connectivity index (χ4v) is 3.62. The summed E-state index contributed by atoms with van der Waals surface area (Å²) in [4.78, 5) is 11.8. The summed E-state index contributed by atoms with van der Waals surface area (Å²) >= 11 is 6.10. The van der Waals surface area contributed by atoms with Crippen LogP contribution in [0.2, 0.25) is 5.02 Å². The van der Waals surface area contributed by atoms with Gasteiger partial charge in [0.1, 0.15) is 5.69 Å². The van der Waals surface area contributed by atoms with E-state index < -0.39 is 17.8 Å². The molecule has 1 amide bonds. The first-order valence-corrected chi connectivity index (χ1v) is 8.79. The second-order valence-electron chi connectivity index (χ2n) is 6.63. The molecule has 1 saturated heterocycles. The first-order chi connectivity index (χ1) is 12.6. The minimum atomic E-state index is -4.45. The number of nitrogens with one attached hydrogen (secondary N) is 2. The highest BCUT2D eigenvalue weighted by atomic mass is 35.5. The predicted octanol–water partition coefficient (Wildman–Crippen LogP) is 3.36. The van der Waals surface area contributed by atoms with Gasteiger partial charge in [0, 0.05) is 11.4 Å². The number of aromatic nitrogens is 3. The molecule has 1 aliphatic heterocycles. The normalized spacial score (nSPS) is 21.8. The van der Waals surface area contributed by atoms with Gasteiger partial charge in [-0.25, -0.2) is 4.68 Å². The Morgan fingerprint density at radius 3 is 2.67 bits per heavy atom. The van der Waals surface area contributed by atoms with Gasteiger partial charge in [0.2, 0.25) is 5.91 Å². The molecule has 0 bridgehead atoms. The lowest BCUT2D eigenvalue weighted by atomic mass is 10.0. The van der Waals surface area contributed by atoms with Crippen LogP contribution in [0.3, 0.4) is 0 Å². The highest BCUT2D eigenvalue weighted by Crippen LogP contribution is 2.35. The maximum absolute atomic E-state index is 12.8. The zero-order valence-electron chi connectivity index (χ0n) is 14.9. The van der Waals surface area contributed by atoms with Crippen LogP contribution in [0.15, 0.2) is 18.2 Å². The molecule has 10 heteroatoms. The predicted molar refractivity (Wildman–Crippen MR) is 93.1 cm³/mol. The molecule has 3 atom stereocenters. The summed E-state index contributed by atoms with van der Waals surface area (Å²) in [5, 5.41) is 14.3. The molecule has 3 rings (SSSR count). The van der Waals surface area contributed by atoms with E-state index in [0.29, 0.717) is 11.3 Å². The number of nitrogens with zero attached hydrogens (tertiary/aromatic N) is 3. The Labute approximate surface area is 159 Å². The van der Waals surface area contributed by atoms with Gasteiger partial charge in [-0.05, 0) is 38.5 Å². The number of carbonyl (C=O) groups is 1. The number of halogens is 4. The minimum Gasteiger partial charge on any atom is -0.341 e. The Morgan fingerprint density at radius 2 is 2.07 bits per heavy atom. The lowest BCUT2D eigenvalue weighted by Crippen LogP contribution is -2.51. The Bertz CT molecular complexity index is 867. The molecule has 1 aliphatic rings. The van der Waals surface area contributed by atoms with Crippen LogP contribution in [-0.2, 0) is 11.0 Å². The monoisotopic (exact) mass is 401 g/mol. The van der Waals surface area contributed by atoms with Crippen molar-refractivity contribution in [1.82, 2.24) is 25.6 Å². The molecule has 2 heterocycles. The molecule has 0 spiro atoms. The number of benzene rings is 1. The van der Waals surface area contributed by atoms with E-state index in [1.807, 2.05) is 13.8 Å². The van der Waals surface area contributed by atoms with Crippen molar-refractivity contribution in [2.45, 2.75) is 51.6 Å². The summed E-state index contributed by atoms with van der Waals surface area (Å²) in [6, 6.07) is 2.56. The molecule has 27 heavy (non-hydrogen) atoms. The van der Waals surface area contributed by atoms with Crippen LogP contribution in [0.5, 0.6) is 0 Å². The van der Waals surface area contributed by atoms with Gasteiger partial charge in [0.15, 0.2) is 0 Å². The average Bonchev–Trinajstić information content (AvgIpc) is 2.94. The number of rotatable bonds is 3. The second-order valence-corrected chi connectivity index (χ2v) is 7.03. The Morgan fingerprint density at radius 1 is 1.37 bits per heavy atom. The van der Waals surface area contributed by atoms with Crippen molar-refractivity contribution in [3.63, 3.8) is 0 Å². The van der Waals surface area contributed by atoms with Crippen LogP contribution >= 0.6 is 11.6 Å². The number of hydrogen-bond acceptors (Lipinski definition) is 4. The third-order valence-electron chi connectivity index (χ3n) is 4.66. The van der Waals surface area contributed by atoms with Crippen LogP contribution in [0.25, 0.3) is 0 Å². The summed E-state index contributed by atoms with van der Waals surface area (Å²) in [5.41, 5.74) is 1.06. The van der Waals surface area contributed by atoms with E-state index in [-0.39, 0.29) is 29.6 Å². The molecule has 2 N–H and O–H groups in total. The van der Waals surface area contributed by atoms with E-state index in [1.165, 1.54) is 6.07 Å². The third-order valence-corrected chi connectivity index (χ3v) is 4.98. The average molecular weight is 402 g/mol. The van der Waals surface area contributed by atoms with Crippen molar-refractivity contribution in [2.24, 2.45) is 0 Å². The summed E-state index contributed by atoms with van der Waals surface area (Å²) in [7, 11) is 0. The van der Waals surface area contributed by atoms with Gasteiger partial charge in [0.05, 0.1) is 29.5 Å². The topological polar surface area (TPSA) is 71.8 Å². The molecule has 2 unspecified atom stereocenters. The number of carbonyl (C=O) groups excluding carboxylic acids is 1. The first-order valence-electron chi connectivity index (χ1n) is 8.41. The van der Waals surface area contributed by atoms with Crippen LogP contribution in [-0.4, -0.2) is 27.1 Å². The van der Waals surface area contributed by atoms with Gasteiger partial charge in [-0.2, -0.15) is 13.2 Å². The summed E-state index contributed by atoms with van der Waals surface area (Å²) in [6.07, 6.45) is -4.41. The van der Waals surface area contributed by atoms with E-state index in [2.05, 4.69) is 20.9 Å². The SMILES string of the molecule is Cc1c(C2CC(=O)NC(C)N2)nnn1[C@@H](C)c1ccc(C(F)(F)F)cc1Cl. The van der Waals surface area contributed by atoms with Crippen molar-refractivity contribution in [1.29, 1.82) is 0 Å². The minimum absolute atomic E-state index is 0.0116. The van der Waals surface area contributed by atoms with Gasteiger partial charge in [-0.1, -0.05) is 22.9 Å². The fraction of sp³-hybridized carbons (Fsp3) is 0.471. The molecule has 6 nitrogen and oxygen atoms in total. The van der Waals surface area contributed by atoms with Gasteiger partial charge in [0.25, 0.3) is 0 Å². The summed E-state index contributed by atoms with van der Waals surface area (Å²) in [5.74, 6) is -0.0842. The Kier molecular flexibility index (Phi) is 5.18. The first kappa shape index (κ1) is 19.6. The van der Waals surface area contributed by atoms with E-state index >= 15 is 0 Å². The van der Waals surface area contributed by atoms with Gasteiger partial charge < -0.3 is 5.32 Å². The highest BCUT2D eigenvalue weighted by molar-refractivity contribution is 6.31. The smallest absolute Gasteiger partial charge is 0.341 e. The summed E-state index contributed by atoms with van der Waals surface area (Å²) < 4.78 is 40.1. The molecule has 0 saturated carbocycles. The molecule has 0 radical (unpaired) electrons. The third kappa shape index (κ3) is 3.93. The summed E-state index contributed by atoms with van der Waals surface area (Å²) in [6.45, 7) is 5.42. The molecular weight excluding hydrogens is 383 g/mol. The van der Waals surface area contributed by atoms with Crippen LogP contribution in [0.4, 0.5) is 13.2 Å². The molecule has 2 aromatic rings. The fourth-order valence-electron chi connectivity index (χ4n) is 3.28. The number of hydrogen-bond donors (Lipinski definition) is 2. The van der Waals surface area contributed by atoms with Crippen molar-refractivity contribution in [3.8, 4) is 0 Å². The highest BCUT2D eigenvalue weighted by Gasteiger charge is 2.32. The molecule has 0 aliphatic carbocycles. The van der Waals surface area contributed by atoms with Crippen molar-refractivity contribution in [3.05, 3.63) is 45.7 Å². The van der Waals surface area contributed by atoms with E-state index in [4.69, 9.17) is 11.6 Å². The van der Waals surface area contributed by atoms with Crippen molar-refractivity contribution >= 4 is 17.5 Å². The van der Waals surface area contributed by atoms with Crippen molar-refractivity contribution < 1.29 is 18.0 Å². The number of amides is 1. The largest absolute Gasteiger partial charge is 0.416 e. The van der Waals surface area contributed by atoms with Crippen molar-refractivity contribution in [2.75, 3.05) is 0 Å². The number of alkyl halides is 3. The quantitative estimate of drug-likeness (QED) is 0.827. The second kappa shape index (κ2) is 7.12. The molecule has 146 valence electrons. The zero-order chi connectivity index (χ0) is 19.9. The Balaban J connectivity index is 1.89.